The molecule has 2 aromatic carbocycles. The molecule has 0 radical (unpaired) electrons. The number of nitrogens with zero attached hydrogens (tertiary/aromatic N) is 1. The predicted molar refractivity (Wildman–Crippen MR) is 132 cm³/mol. The standard InChI is InChI=1S/C27H35N3O2/c1-4-30(5-2)21-13-10-19(11-14-21)26-23-9-6-8-22(23)24-18-20(12-15-25(24)29-26)27(31)28-16-7-17-32-3/h6,8,10-15,18,22-23,26,29H,4-5,7,9,16-17H2,1-3H3,(H,28,31). The number of methoxy groups -OCH3 is 1. The van der Waals surface area contributed by atoms with Crippen molar-refractivity contribution in [2.75, 3.05) is 43.6 Å². The van der Waals surface area contributed by atoms with E-state index in [1.807, 2.05) is 6.07 Å². The number of amides is 1. The molecule has 32 heavy (non-hydrogen) atoms. The van der Waals surface area contributed by atoms with Crippen LogP contribution in [-0.2, 0) is 4.74 Å². The largest absolute Gasteiger partial charge is 0.385 e. The van der Waals surface area contributed by atoms with E-state index in [0.29, 0.717) is 25.0 Å². The smallest absolute Gasteiger partial charge is 0.251 e. The number of fused-ring (bicyclic) bond motifs is 3. The molecule has 2 aromatic rings. The quantitative estimate of drug-likeness (QED) is 0.425. The first-order valence-electron chi connectivity index (χ1n) is 11.9. The third kappa shape index (κ3) is 4.53. The highest BCUT2D eigenvalue weighted by molar-refractivity contribution is 5.95. The zero-order valence-electron chi connectivity index (χ0n) is 19.4. The average molecular weight is 434 g/mol. The molecule has 1 amide bonds. The van der Waals surface area contributed by atoms with Crippen molar-refractivity contribution in [3.63, 3.8) is 0 Å². The van der Waals surface area contributed by atoms with E-state index in [9.17, 15) is 4.79 Å². The lowest BCUT2D eigenvalue weighted by molar-refractivity contribution is 0.0948. The monoisotopic (exact) mass is 433 g/mol. The lowest BCUT2D eigenvalue weighted by Crippen LogP contribution is -2.30. The summed E-state index contributed by atoms with van der Waals surface area (Å²) in [6.07, 6.45) is 6.48. The van der Waals surface area contributed by atoms with Gasteiger partial charge < -0.3 is 20.3 Å². The van der Waals surface area contributed by atoms with Crippen molar-refractivity contribution in [2.45, 2.75) is 38.6 Å². The summed E-state index contributed by atoms with van der Waals surface area (Å²) in [6, 6.07) is 15.4. The number of hydrogen-bond donors (Lipinski definition) is 2. The molecule has 0 aromatic heterocycles. The van der Waals surface area contributed by atoms with Crippen LogP contribution in [0, 0.1) is 5.92 Å². The van der Waals surface area contributed by atoms with Gasteiger partial charge in [0.2, 0.25) is 0 Å². The van der Waals surface area contributed by atoms with Gasteiger partial charge in [0.25, 0.3) is 5.91 Å². The van der Waals surface area contributed by atoms with Crippen LogP contribution in [0.4, 0.5) is 11.4 Å². The molecule has 5 heteroatoms. The molecule has 1 aliphatic heterocycles. The number of carbonyl (C=O) groups excluding carboxylic acids is 1. The predicted octanol–water partition coefficient (Wildman–Crippen LogP) is 5.13. The van der Waals surface area contributed by atoms with E-state index in [1.54, 1.807) is 7.11 Å². The molecular weight excluding hydrogens is 398 g/mol. The van der Waals surface area contributed by atoms with Crippen molar-refractivity contribution in [2.24, 2.45) is 5.92 Å². The lowest BCUT2D eigenvalue weighted by Gasteiger charge is -2.38. The summed E-state index contributed by atoms with van der Waals surface area (Å²) in [5, 5.41) is 6.78. The second kappa shape index (κ2) is 10.2. The fourth-order valence-electron chi connectivity index (χ4n) is 5.07. The van der Waals surface area contributed by atoms with Crippen molar-refractivity contribution in [3.05, 3.63) is 71.3 Å². The first-order chi connectivity index (χ1) is 15.7. The minimum absolute atomic E-state index is 0.0171. The van der Waals surface area contributed by atoms with Crippen LogP contribution < -0.4 is 15.5 Å². The molecule has 1 heterocycles. The van der Waals surface area contributed by atoms with Gasteiger partial charge in [-0.3, -0.25) is 4.79 Å². The van der Waals surface area contributed by atoms with Gasteiger partial charge in [-0.15, -0.1) is 0 Å². The fraction of sp³-hybridized carbons (Fsp3) is 0.444. The van der Waals surface area contributed by atoms with Gasteiger partial charge >= 0.3 is 0 Å². The number of allylic oxidation sites excluding steroid dienone is 2. The summed E-state index contributed by atoms with van der Waals surface area (Å²) in [5.41, 5.74) is 5.68. The van der Waals surface area contributed by atoms with Gasteiger partial charge in [-0.25, -0.2) is 0 Å². The second-order valence-corrected chi connectivity index (χ2v) is 8.64. The van der Waals surface area contributed by atoms with E-state index >= 15 is 0 Å². The highest BCUT2D eigenvalue weighted by Crippen LogP contribution is 2.50. The Morgan fingerprint density at radius 2 is 1.94 bits per heavy atom. The molecule has 2 N–H and O–H groups in total. The Labute approximate surface area is 191 Å². The van der Waals surface area contributed by atoms with Crippen molar-refractivity contribution in [1.82, 2.24) is 5.32 Å². The lowest BCUT2D eigenvalue weighted by atomic mass is 9.76. The number of nitrogens with one attached hydrogen (secondary N) is 2. The Balaban J connectivity index is 1.53. The maximum atomic E-state index is 12.6. The first kappa shape index (κ1) is 22.4. The molecule has 1 aliphatic carbocycles. The number of anilines is 2. The minimum Gasteiger partial charge on any atom is -0.385 e. The van der Waals surface area contributed by atoms with Gasteiger partial charge in [0.1, 0.15) is 0 Å². The molecule has 3 unspecified atom stereocenters. The van der Waals surface area contributed by atoms with Gasteiger partial charge in [0.05, 0.1) is 6.04 Å². The Bertz CT molecular complexity index is 950. The van der Waals surface area contributed by atoms with E-state index in [0.717, 1.165) is 37.2 Å². The van der Waals surface area contributed by atoms with Gasteiger partial charge in [-0.2, -0.15) is 0 Å². The van der Waals surface area contributed by atoms with Gasteiger partial charge in [-0.1, -0.05) is 24.3 Å². The molecular formula is C27H35N3O2. The summed E-state index contributed by atoms with van der Waals surface area (Å²) in [6.45, 7) is 7.70. The molecule has 0 fully saturated rings. The van der Waals surface area contributed by atoms with Crippen molar-refractivity contribution in [1.29, 1.82) is 0 Å². The Morgan fingerprint density at radius 3 is 2.66 bits per heavy atom. The maximum Gasteiger partial charge on any atom is 0.251 e. The van der Waals surface area contributed by atoms with Crippen LogP contribution in [0.15, 0.2) is 54.6 Å². The van der Waals surface area contributed by atoms with E-state index in [-0.39, 0.29) is 11.9 Å². The highest BCUT2D eigenvalue weighted by Gasteiger charge is 2.38. The molecule has 2 aliphatic rings. The number of hydrogen-bond acceptors (Lipinski definition) is 4. The number of benzene rings is 2. The molecule has 0 bridgehead atoms. The van der Waals surface area contributed by atoms with E-state index in [4.69, 9.17) is 4.74 Å². The third-order valence-electron chi connectivity index (χ3n) is 6.82. The van der Waals surface area contributed by atoms with E-state index in [2.05, 4.69) is 77.9 Å². The zero-order chi connectivity index (χ0) is 22.5. The Kier molecular flexibility index (Phi) is 7.15. The molecule has 3 atom stereocenters. The summed E-state index contributed by atoms with van der Waals surface area (Å²) >= 11 is 0. The van der Waals surface area contributed by atoms with Crippen LogP contribution in [0.2, 0.25) is 0 Å². The number of carbonyl (C=O) groups is 1. The SMILES string of the molecule is CCN(CC)c1ccc(C2Nc3ccc(C(=O)NCCCOC)cc3C3C=CCC32)cc1. The molecule has 4 rings (SSSR count). The molecule has 0 spiro atoms. The molecule has 0 saturated carbocycles. The summed E-state index contributed by atoms with van der Waals surface area (Å²) in [4.78, 5) is 15.0. The summed E-state index contributed by atoms with van der Waals surface area (Å²) in [5.74, 6) is 0.776. The summed E-state index contributed by atoms with van der Waals surface area (Å²) in [7, 11) is 1.68. The van der Waals surface area contributed by atoms with Crippen LogP contribution in [0.3, 0.4) is 0 Å². The van der Waals surface area contributed by atoms with Gasteiger partial charge in [0.15, 0.2) is 0 Å². The van der Waals surface area contributed by atoms with E-state index in [1.165, 1.54) is 16.8 Å². The van der Waals surface area contributed by atoms with Crippen LogP contribution in [0.25, 0.3) is 0 Å². The van der Waals surface area contributed by atoms with Crippen LogP contribution in [-0.4, -0.2) is 39.3 Å². The van der Waals surface area contributed by atoms with E-state index < -0.39 is 0 Å². The van der Waals surface area contributed by atoms with Crippen molar-refractivity contribution in [3.8, 4) is 0 Å². The van der Waals surface area contributed by atoms with Crippen LogP contribution in [0.5, 0.6) is 0 Å². The Morgan fingerprint density at radius 1 is 1.16 bits per heavy atom. The van der Waals surface area contributed by atoms with Crippen LogP contribution >= 0.6 is 0 Å². The molecule has 5 nitrogen and oxygen atoms in total. The van der Waals surface area contributed by atoms with Gasteiger partial charge in [-0.05, 0) is 74.1 Å². The van der Waals surface area contributed by atoms with Crippen molar-refractivity contribution >= 4 is 17.3 Å². The zero-order valence-corrected chi connectivity index (χ0v) is 19.4. The van der Waals surface area contributed by atoms with Gasteiger partial charge in [0, 0.05) is 56.2 Å². The molecule has 0 saturated heterocycles. The minimum atomic E-state index is -0.0171. The van der Waals surface area contributed by atoms with Crippen molar-refractivity contribution < 1.29 is 9.53 Å². The number of rotatable bonds is 9. The maximum absolute atomic E-state index is 12.6. The third-order valence-corrected chi connectivity index (χ3v) is 6.82. The highest BCUT2D eigenvalue weighted by atomic mass is 16.5. The topological polar surface area (TPSA) is 53.6 Å². The average Bonchev–Trinajstić information content (AvgIpc) is 3.32. The van der Waals surface area contributed by atoms with Crippen LogP contribution in [0.1, 0.15) is 60.1 Å². The normalized spacial score (nSPS) is 20.9. The fourth-order valence-corrected chi connectivity index (χ4v) is 5.07. The molecule has 170 valence electrons. The first-order valence-corrected chi connectivity index (χ1v) is 11.9. The summed E-state index contributed by atoms with van der Waals surface area (Å²) < 4.78 is 5.06. The Hall–Kier alpha value is -2.79. The second-order valence-electron chi connectivity index (χ2n) is 8.64. The number of ether oxygens (including phenoxy) is 1.